The van der Waals surface area contributed by atoms with Gasteiger partial charge in [-0.3, -0.25) is 9.59 Å². The Morgan fingerprint density at radius 2 is 1.76 bits per heavy atom. The molecule has 3 aromatic rings. The molecule has 4 rings (SSSR count). The topological polar surface area (TPSA) is 72.2 Å². The SMILES string of the molecule is Nc1c(F)ccc(CC(=O)c2cc(NC(=O)C3C(c4cccc(Cl)c4)C3(Cl)Cl)ccc2Cl)c1F. The lowest BCUT2D eigenvalue weighted by atomic mass is 10.0. The minimum Gasteiger partial charge on any atom is -0.394 e. The normalized spacial score (nSPS) is 18.4. The minimum atomic E-state index is -1.32. The van der Waals surface area contributed by atoms with Gasteiger partial charge in [0.05, 0.1) is 10.9 Å². The average molecular weight is 544 g/mol. The highest BCUT2D eigenvalue weighted by molar-refractivity contribution is 6.53. The van der Waals surface area contributed by atoms with E-state index in [0.717, 1.165) is 17.7 Å². The van der Waals surface area contributed by atoms with Gasteiger partial charge >= 0.3 is 0 Å². The second kappa shape index (κ2) is 9.34. The molecule has 0 bridgehead atoms. The third-order valence-corrected chi connectivity index (χ3v) is 7.14. The zero-order valence-electron chi connectivity index (χ0n) is 17.2. The number of Topliss-reactive ketones (excluding diaryl/α,β-unsaturated/α-hetero) is 1. The number of nitrogens with two attached hydrogens (primary N) is 1. The molecular formula is C24H16Cl4F2N2O2. The van der Waals surface area contributed by atoms with Gasteiger partial charge in [-0.05, 0) is 47.5 Å². The number of rotatable bonds is 6. The van der Waals surface area contributed by atoms with Crippen molar-refractivity contribution in [3.63, 3.8) is 0 Å². The molecule has 1 fully saturated rings. The summed E-state index contributed by atoms with van der Waals surface area (Å²) in [4.78, 5) is 25.7. The summed E-state index contributed by atoms with van der Waals surface area (Å²) < 4.78 is 26.3. The fraction of sp³-hybridized carbons (Fsp3) is 0.167. The van der Waals surface area contributed by atoms with Crippen LogP contribution in [0.1, 0.15) is 27.4 Å². The Morgan fingerprint density at radius 3 is 2.47 bits per heavy atom. The van der Waals surface area contributed by atoms with Gasteiger partial charge in [-0.25, -0.2) is 8.78 Å². The summed E-state index contributed by atoms with van der Waals surface area (Å²) in [6.07, 6.45) is -0.403. The summed E-state index contributed by atoms with van der Waals surface area (Å²) in [6, 6.07) is 13.3. The van der Waals surface area contributed by atoms with Gasteiger partial charge in [0, 0.05) is 28.6 Å². The molecule has 1 amide bonds. The van der Waals surface area contributed by atoms with E-state index in [1.54, 1.807) is 24.3 Å². The van der Waals surface area contributed by atoms with Gasteiger partial charge in [-0.1, -0.05) is 41.4 Å². The Balaban J connectivity index is 1.52. The summed E-state index contributed by atoms with van der Waals surface area (Å²) in [6.45, 7) is 0. The van der Waals surface area contributed by atoms with Crippen molar-refractivity contribution in [2.45, 2.75) is 16.7 Å². The first-order valence-corrected chi connectivity index (χ1v) is 11.5. The van der Waals surface area contributed by atoms with E-state index in [1.165, 1.54) is 18.2 Å². The summed E-state index contributed by atoms with van der Waals surface area (Å²) in [5.74, 6) is -4.13. The number of amides is 1. The van der Waals surface area contributed by atoms with Crippen LogP contribution < -0.4 is 11.1 Å². The molecule has 4 nitrogen and oxygen atoms in total. The first-order valence-electron chi connectivity index (χ1n) is 10.00. The maximum Gasteiger partial charge on any atom is 0.231 e. The van der Waals surface area contributed by atoms with Gasteiger partial charge in [-0.15, -0.1) is 23.2 Å². The molecule has 0 aliphatic heterocycles. The molecule has 0 saturated heterocycles. The quantitative estimate of drug-likeness (QED) is 0.204. The summed E-state index contributed by atoms with van der Waals surface area (Å²) in [5.41, 5.74) is 5.67. The zero-order valence-corrected chi connectivity index (χ0v) is 20.2. The molecule has 10 heteroatoms. The van der Waals surface area contributed by atoms with E-state index in [9.17, 15) is 18.4 Å². The van der Waals surface area contributed by atoms with Crippen LogP contribution in [0.15, 0.2) is 54.6 Å². The highest BCUT2D eigenvalue weighted by Gasteiger charge is 2.67. The Labute approximate surface area is 213 Å². The van der Waals surface area contributed by atoms with Crippen LogP contribution >= 0.6 is 46.4 Å². The van der Waals surface area contributed by atoms with Crippen LogP contribution in [0, 0.1) is 17.6 Å². The van der Waals surface area contributed by atoms with Crippen molar-refractivity contribution in [1.82, 2.24) is 0 Å². The molecule has 176 valence electrons. The van der Waals surface area contributed by atoms with E-state index >= 15 is 0 Å². The summed E-state index contributed by atoms with van der Waals surface area (Å²) in [7, 11) is 0. The molecule has 2 unspecified atom stereocenters. The van der Waals surface area contributed by atoms with E-state index in [0.29, 0.717) is 5.02 Å². The fourth-order valence-electron chi connectivity index (χ4n) is 3.82. The van der Waals surface area contributed by atoms with Crippen molar-refractivity contribution >= 4 is 69.5 Å². The molecule has 2 atom stereocenters. The lowest BCUT2D eigenvalue weighted by Crippen LogP contribution is -2.17. The van der Waals surface area contributed by atoms with E-state index < -0.39 is 51.6 Å². The zero-order chi connectivity index (χ0) is 24.8. The van der Waals surface area contributed by atoms with Crippen molar-refractivity contribution in [1.29, 1.82) is 0 Å². The van der Waals surface area contributed by atoms with Gasteiger partial charge in [0.15, 0.2) is 11.6 Å². The first kappa shape index (κ1) is 24.7. The average Bonchev–Trinajstić information content (AvgIpc) is 3.37. The van der Waals surface area contributed by atoms with Gasteiger partial charge in [0.2, 0.25) is 5.91 Å². The molecule has 3 aromatic carbocycles. The maximum absolute atomic E-state index is 14.2. The monoisotopic (exact) mass is 542 g/mol. The smallest absolute Gasteiger partial charge is 0.231 e. The molecule has 3 N–H and O–H groups in total. The molecule has 1 saturated carbocycles. The second-order valence-electron chi connectivity index (χ2n) is 7.90. The lowest BCUT2D eigenvalue weighted by molar-refractivity contribution is -0.117. The van der Waals surface area contributed by atoms with Crippen molar-refractivity contribution in [2.24, 2.45) is 5.92 Å². The fourth-order valence-corrected chi connectivity index (χ4v) is 5.07. The number of anilines is 2. The molecule has 34 heavy (non-hydrogen) atoms. The molecule has 0 radical (unpaired) electrons. The van der Waals surface area contributed by atoms with Crippen LogP contribution in [-0.2, 0) is 11.2 Å². The lowest BCUT2D eigenvalue weighted by Gasteiger charge is -2.10. The van der Waals surface area contributed by atoms with Crippen molar-refractivity contribution < 1.29 is 18.4 Å². The Bertz CT molecular complexity index is 1320. The van der Waals surface area contributed by atoms with Gasteiger partial charge in [-0.2, -0.15) is 0 Å². The third-order valence-electron chi connectivity index (χ3n) is 5.64. The molecule has 1 aliphatic carbocycles. The standard InChI is InChI=1S/C24H16Cl4F2N2O2/c25-13-3-1-2-11(8-13)19-20(24(19,27)28)23(34)32-14-5-6-16(26)15(10-14)18(33)9-12-4-7-17(29)22(31)21(12)30/h1-8,10,19-20H,9,31H2,(H,32,34). The summed E-state index contributed by atoms with van der Waals surface area (Å²) >= 11 is 24.9. The Morgan fingerprint density at radius 1 is 1.03 bits per heavy atom. The number of hydrogen-bond donors (Lipinski definition) is 2. The van der Waals surface area contributed by atoms with Crippen molar-refractivity contribution in [2.75, 3.05) is 11.1 Å². The molecule has 0 heterocycles. The van der Waals surface area contributed by atoms with E-state index in [-0.39, 0.29) is 21.8 Å². The molecular weight excluding hydrogens is 528 g/mol. The highest BCUT2D eigenvalue weighted by Crippen LogP contribution is 2.65. The number of carbonyl (C=O) groups excluding carboxylic acids is 2. The number of nitrogens with one attached hydrogen (secondary N) is 1. The maximum atomic E-state index is 14.2. The van der Waals surface area contributed by atoms with E-state index in [2.05, 4.69) is 5.32 Å². The minimum absolute atomic E-state index is 0.0481. The van der Waals surface area contributed by atoms with Crippen LogP contribution in [0.2, 0.25) is 10.0 Å². The van der Waals surface area contributed by atoms with E-state index in [1.807, 2.05) is 0 Å². The van der Waals surface area contributed by atoms with Crippen molar-refractivity contribution in [3.8, 4) is 0 Å². The third kappa shape index (κ3) is 4.73. The number of nitrogen functional groups attached to an aromatic ring is 1. The largest absolute Gasteiger partial charge is 0.394 e. The molecule has 0 aromatic heterocycles. The Kier molecular flexibility index (Phi) is 6.80. The van der Waals surface area contributed by atoms with Gasteiger partial charge < -0.3 is 11.1 Å². The van der Waals surface area contributed by atoms with Crippen LogP contribution in [0.25, 0.3) is 0 Å². The summed E-state index contributed by atoms with van der Waals surface area (Å²) in [5, 5.41) is 3.29. The number of alkyl halides is 2. The number of hydrogen-bond acceptors (Lipinski definition) is 3. The number of benzene rings is 3. The number of carbonyl (C=O) groups is 2. The number of ketones is 1. The number of halogens is 6. The van der Waals surface area contributed by atoms with E-state index in [4.69, 9.17) is 52.1 Å². The predicted octanol–water partition coefficient (Wildman–Crippen LogP) is 6.81. The first-order chi connectivity index (χ1) is 16.0. The second-order valence-corrected chi connectivity index (χ2v) is 10.2. The van der Waals surface area contributed by atoms with Gasteiger partial charge in [0.1, 0.15) is 15.8 Å². The molecule has 0 spiro atoms. The molecule has 1 aliphatic rings. The van der Waals surface area contributed by atoms with Gasteiger partial charge in [0.25, 0.3) is 0 Å². The van der Waals surface area contributed by atoms with Crippen molar-refractivity contribution in [3.05, 3.63) is 93.0 Å². The van der Waals surface area contributed by atoms with Crippen LogP contribution in [0.4, 0.5) is 20.2 Å². The van der Waals surface area contributed by atoms with Crippen LogP contribution in [0.3, 0.4) is 0 Å². The predicted molar refractivity (Wildman–Crippen MR) is 131 cm³/mol. The van der Waals surface area contributed by atoms with Crippen LogP contribution in [-0.4, -0.2) is 16.0 Å². The highest BCUT2D eigenvalue weighted by atomic mass is 35.5. The Hall–Kier alpha value is -2.38. The van der Waals surface area contributed by atoms with Crippen LogP contribution in [0.5, 0.6) is 0 Å².